The van der Waals surface area contributed by atoms with Gasteiger partial charge >= 0.3 is 0 Å². The minimum absolute atomic E-state index is 0.110. The fourth-order valence-electron chi connectivity index (χ4n) is 2.17. The lowest BCUT2D eigenvalue weighted by molar-refractivity contribution is -0.137. The Kier molecular flexibility index (Phi) is 2.57. The maximum Gasteiger partial charge on any atom is 0.223 e. The maximum atomic E-state index is 11.8. The van der Waals surface area contributed by atoms with Crippen LogP contribution >= 0.6 is 0 Å². The van der Waals surface area contributed by atoms with Crippen molar-refractivity contribution in [1.82, 2.24) is 4.90 Å². The van der Waals surface area contributed by atoms with E-state index in [0.29, 0.717) is 12.3 Å². The van der Waals surface area contributed by atoms with Crippen molar-refractivity contribution in [2.75, 3.05) is 6.54 Å². The third kappa shape index (κ3) is 1.97. The second-order valence-corrected chi connectivity index (χ2v) is 4.50. The molecule has 0 unspecified atom stereocenters. The summed E-state index contributed by atoms with van der Waals surface area (Å²) < 4.78 is 0. The number of hydrogen-bond acceptors (Lipinski definition) is 2. The van der Waals surface area contributed by atoms with Crippen molar-refractivity contribution in [3.05, 3.63) is 0 Å². The van der Waals surface area contributed by atoms with E-state index in [2.05, 4.69) is 0 Å². The number of nitrogens with zero attached hydrogens (tertiary/aromatic N) is 1. The fraction of sp³-hybridized carbons (Fsp3) is 0.818. The topological polar surface area (TPSA) is 37.4 Å². The van der Waals surface area contributed by atoms with Crippen LogP contribution in [-0.4, -0.2) is 29.2 Å². The molecule has 1 aliphatic carbocycles. The molecule has 3 heteroatoms. The molecule has 0 radical (unpaired) electrons. The van der Waals surface area contributed by atoms with E-state index in [1.165, 1.54) is 12.8 Å². The minimum atomic E-state index is -0.110. The maximum absolute atomic E-state index is 11.8. The van der Waals surface area contributed by atoms with Crippen LogP contribution in [0.5, 0.6) is 0 Å². The number of Topliss-reactive ketones (excluding diaryl/α,β-unsaturated/α-hetero) is 1. The molecule has 1 heterocycles. The minimum Gasteiger partial charge on any atom is -0.333 e. The van der Waals surface area contributed by atoms with Gasteiger partial charge in [0.05, 0.1) is 6.04 Å². The van der Waals surface area contributed by atoms with Gasteiger partial charge in [0.25, 0.3) is 0 Å². The molecule has 1 atom stereocenters. The number of hydrogen-bond donors (Lipinski definition) is 0. The molecule has 0 bridgehead atoms. The predicted molar refractivity (Wildman–Crippen MR) is 52.8 cm³/mol. The highest BCUT2D eigenvalue weighted by Gasteiger charge is 2.34. The molecule has 2 aliphatic rings. The first-order valence-corrected chi connectivity index (χ1v) is 5.48. The molecule has 0 spiro atoms. The quantitative estimate of drug-likeness (QED) is 0.682. The summed E-state index contributed by atoms with van der Waals surface area (Å²) in [6.45, 7) is 2.38. The zero-order valence-electron chi connectivity index (χ0n) is 8.66. The molecular weight excluding hydrogens is 178 g/mol. The van der Waals surface area contributed by atoms with Gasteiger partial charge in [0, 0.05) is 13.0 Å². The molecule has 1 amide bonds. The van der Waals surface area contributed by atoms with Crippen molar-refractivity contribution >= 4 is 11.7 Å². The van der Waals surface area contributed by atoms with E-state index in [9.17, 15) is 9.59 Å². The van der Waals surface area contributed by atoms with Gasteiger partial charge in [0.15, 0.2) is 5.78 Å². The largest absolute Gasteiger partial charge is 0.333 e. The van der Waals surface area contributed by atoms with Crippen LogP contribution in [-0.2, 0) is 9.59 Å². The van der Waals surface area contributed by atoms with Crippen LogP contribution in [0.2, 0.25) is 0 Å². The van der Waals surface area contributed by atoms with Gasteiger partial charge in [0.1, 0.15) is 0 Å². The molecule has 0 aromatic carbocycles. The first-order valence-electron chi connectivity index (χ1n) is 5.48. The normalized spacial score (nSPS) is 26.6. The predicted octanol–water partition coefficient (Wildman–Crippen LogP) is 1.37. The zero-order valence-corrected chi connectivity index (χ0v) is 8.66. The number of carbonyl (C=O) groups is 2. The van der Waals surface area contributed by atoms with Gasteiger partial charge in [0.2, 0.25) is 5.91 Å². The zero-order chi connectivity index (χ0) is 10.1. The van der Waals surface area contributed by atoms with Gasteiger partial charge in [-0.3, -0.25) is 9.59 Å². The van der Waals surface area contributed by atoms with E-state index < -0.39 is 0 Å². The summed E-state index contributed by atoms with van der Waals surface area (Å²) in [5.41, 5.74) is 0. The molecule has 2 rings (SSSR count). The van der Waals surface area contributed by atoms with Crippen LogP contribution in [0, 0.1) is 5.92 Å². The smallest absolute Gasteiger partial charge is 0.223 e. The van der Waals surface area contributed by atoms with E-state index >= 15 is 0 Å². The fourth-order valence-corrected chi connectivity index (χ4v) is 2.17. The highest BCUT2D eigenvalue weighted by atomic mass is 16.2. The molecule has 78 valence electrons. The average Bonchev–Trinajstić information content (AvgIpc) is 2.81. The summed E-state index contributed by atoms with van der Waals surface area (Å²) in [5.74, 6) is 0.965. The first kappa shape index (κ1) is 9.69. The highest BCUT2D eigenvalue weighted by Crippen LogP contribution is 2.33. The molecule has 2 fully saturated rings. The number of ketones is 1. The summed E-state index contributed by atoms with van der Waals surface area (Å²) in [7, 11) is 0. The molecule has 3 nitrogen and oxygen atoms in total. The molecule has 1 aliphatic heterocycles. The molecule has 0 aromatic rings. The van der Waals surface area contributed by atoms with E-state index in [4.69, 9.17) is 0 Å². The Morgan fingerprint density at radius 3 is 2.57 bits per heavy atom. The van der Waals surface area contributed by atoms with Crippen molar-refractivity contribution in [3.63, 3.8) is 0 Å². The van der Waals surface area contributed by atoms with Gasteiger partial charge in [-0.2, -0.15) is 0 Å². The van der Waals surface area contributed by atoms with Crippen LogP contribution in [0.4, 0.5) is 0 Å². The van der Waals surface area contributed by atoms with Gasteiger partial charge in [-0.1, -0.05) is 0 Å². The second kappa shape index (κ2) is 3.71. The van der Waals surface area contributed by atoms with Crippen molar-refractivity contribution < 1.29 is 9.59 Å². The van der Waals surface area contributed by atoms with Crippen molar-refractivity contribution in [2.45, 2.75) is 45.1 Å². The number of rotatable bonds is 3. The lowest BCUT2D eigenvalue weighted by Crippen LogP contribution is -2.39. The highest BCUT2D eigenvalue weighted by molar-refractivity contribution is 5.88. The van der Waals surface area contributed by atoms with Crippen LogP contribution < -0.4 is 0 Å². The van der Waals surface area contributed by atoms with E-state index in [-0.39, 0.29) is 17.7 Å². The third-order valence-electron chi connectivity index (χ3n) is 3.20. The Labute approximate surface area is 84.5 Å². The van der Waals surface area contributed by atoms with E-state index in [1.54, 1.807) is 11.8 Å². The van der Waals surface area contributed by atoms with E-state index in [0.717, 1.165) is 19.4 Å². The Bertz CT molecular complexity index is 258. The lowest BCUT2D eigenvalue weighted by atomic mass is 10.1. The molecule has 14 heavy (non-hydrogen) atoms. The lowest BCUT2D eigenvalue weighted by Gasteiger charge is -2.22. The molecule has 0 aromatic heterocycles. The van der Waals surface area contributed by atoms with Crippen LogP contribution in [0.3, 0.4) is 0 Å². The summed E-state index contributed by atoms with van der Waals surface area (Å²) >= 11 is 0. The second-order valence-electron chi connectivity index (χ2n) is 4.50. The standard InChI is InChI=1S/C11H17NO2/c1-8(13)10-3-2-6-12(10)11(14)7-9-4-5-9/h9-10H,2-7H2,1H3/t10-/m1/s1. The Morgan fingerprint density at radius 1 is 1.29 bits per heavy atom. The number of carbonyl (C=O) groups excluding carboxylic acids is 2. The Balaban J connectivity index is 1.93. The molecular formula is C11H17NO2. The molecule has 1 saturated heterocycles. The summed E-state index contributed by atoms with van der Waals surface area (Å²) in [6.07, 6.45) is 4.92. The van der Waals surface area contributed by atoms with Crippen molar-refractivity contribution in [3.8, 4) is 0 Å². The van der Waals surface area contributed by atoms with Crippen LogP contribution in [0.1, 0.15) is 39.0 Å². The number of amides is 1. The van der Waals surface area contributed by atoms with Crippen molar-refractivity contribution in [2.24, 2.45) is 5.92 Å². The van der Waals surface area contributed by atoms with Crippen LogP contribution in [0.15, 0.2) is 0 Å². The van der Waals surface area contributed by atoms with E-state index in [1.807, 2.05) is 0 Å². The Hall–Kier alpha value is -0.860. The van der Waals surface area contributed by atoms with Crippen LogP contribution in [0.25, 0.3) is 0 Å². The molecule has 0 N–H and O–H groups in total. The van der Waals surface area contributed by atoms with Gasteiger partial charge in [-0.05, 0) is 38.5 Å². The summed E-state index contributed by atoms with van der Waals surface area (Å²) in [4.78, 5) is 24.8. The molecule has 1 saturated carbocycles. The first-order chi connectivity index (χ1) is 6.68. The van der Waals surface area contributed by atoms with Gasteiger partial charge < -0.3 is 4.90 Å². The monoisotopic (exact) mass is 195 g/mol. The van der Waals surface area contributed by atoms with Crippen molar-refractivity contribution in [1.29, 1.82) is 0 Å². The van der Waals surface area contributed by atoms with Gasteiger partial charge in [-0.15, -0.1) is 0 Å². The Morgan fingerprint density at radius 2 is 2.00 bits per heavy atom. The number of likely N-dealkylation sites (tertiary alicyclic amines) is 1. The van der Waals surface area contributed by atoms with Gasteiger partial charge in [-0.25, -0.2) is 0 Å². The SMILES string of the molecule is CC(=O)[C@H]1CCCN1C(=O)CC1CC1. The summed E-state index contributed by atoms with van der Waals surface area (Å²) in [6, 6.07) is -0.110. The third-order valence-corrected chi connectivity index (χ3v) is 3.20. The summed E-state index contributed by atoms with van der Waals surface area (Å²) in [5, 5.41) is 0. The average molecular weight is 195 g/mol.